The van der Waals surface area contributed by atoms with Gasteiger partial charge in [-0.25, -0.2) is 4.79 Å². The van der Waals surface area contributed by atoms with E-state index in [0.29, 0.717) is 12.1 Å². The first-order chi connectivity index (χ1) is 7.63. The highest BCUT2D eigenvalue weighted by atomic mass is 79.9. The smallest absolute Gasteiger partial charge is 0.337 e. The van der Waals surface area contributed by atoms with Crippen LogP contribution in [0.4, 0.5) is 0 Å². The molecule has 0 spiro atoms. The molecule has 3 nitrogen and oxygen atoms in total. The molecule has 16 heavy (non-hydrogen) atoms. The number of nitrogens with zero attached hydrogens (tertiary/aromatic N) is 1. The van der Waals surface area contributed by atoms with Gasteiger partial charge in [-0.15, -0.1) is 0 Å². The predicted molar refractivity (Wildman–Crippen MR) is 65.8 cm³/mol. The van der Waals surface area contributed by atoms with Gasteiger partial charge in [0.15, 0.2) is 0 Å². The summed E-state index contributed by atoms with van der Waals surface area (Å²) < 4.78 is 0.886. The SMILES string of the molecule is CCc1nc2c(Br)cccc2cc1C(=O)O. The summed E-state index contributed by atoms with van der Waals surface area (Å²) in [6.07, 6.45) is 0.610. The van der Waals surface area contributed by atoms with Crippen molar-refractivity contribution < 1.29 is 9.90 Å². The first kappa shape index (κ1) is 11.1. The van der Waals surface area contributed by atoms with Gasteiger partial charge in [0.25, 0.3) is 0 Å². The third-order valence-corrected chi connectivity index (χ3v) is 3.08. The summed E-state index contributed by atoms with van der Waals surface area (Å²) in [5.74, 6) is -0.925. The Morgan fingerprint density at radius 1 is 1.50 bits per heavy atom. The van der Waals surface area contributed by atoms with E-state index >= 15 is 0 Å². The van der Waals surface area contributed by atoms with E-state index in [2.05, 4.69) is 20.9 Å². The van der Waals surface area contributed by atoms with Crippen LogP contribution in [0.15, 0.2) is 28.7 Å². The molecule has 0 fully saturated rings. The van der Waals surface area contributed by atoms with Crippen molar-refractivity contribution in [1.29, 1.82) is 0 Å². The van der Waals surface area contributed by atoms with E-state index in [1.807, 2.05) is 25.1 Å². The summed E-state index contributed by atoms with van der Waals surface area (Å²) in [6.45, 7) is 1.90. The molecule has 1 aromatic carbocycles. The third-order valence-electron chi connectivity index (χ3n) is 2.44. The van der Waals surface area contributed by atoms with E-state index in [1.54, 1.807) is 6.07 Å². The minimum atomic E-state index is -0.925. The number of carbonyl (C=O) groups is 1. The Bertz CT molecular complexity index is 566. The van der Waals surface area contributed by atoms with E-state index in [9.17, 15) is 4.79 Å². The van der Waals surface area contributed by atoms with Crippen LogP contribution in [0.1, 0.15) is 23.0 Å². The van der Waals surface area contributed by atoms with Gasteiger partial charge in [0.2, 0.25) is 0 Å². The maximum absolute atomic E-state index is 11.1. The Hall–Kier alpha value is -1.42. The molecule has 2 rings (SSSR count). The number of hydrogen-bond acceptors (Lipinski definition) is 2. The fourth-order valence-electron chi connectivity index (χ4n) is 1.66. The number of carboxylic acid groups (broad SMARTS) is 1. The van der Waals surface area contributed by atoms with Crippen LogP contribution in [0.3, 0.4) is 0 Å². The van der Waals surface area contributed by atoms with Crippen LogP contribution in [0.25, 0.3) is 10.9 Å². The normalized spacial score (nSPS) is 10.6. The number of pyridine rings is 1. The minimum absolute atomic E-state index is 0.285. The number of fused-ring (bicyclic) bond motifs is 1. The van der Waals surface area contributed by atoms with Crippen LogP contribution >= 0.6 is 15.9 Å². The van der Waals surface area contributed by atoms with Crippen LogP contribution in [-0.2, 0) is 6.42 Å². The highest BCUT2D eigenvalue weighted by molar-refractivity contribution is 9.10. The largest absolute Gasteiger partial charge is 0.478 e. The number of rotatable bonds is 2. The first-order valence-corrected chi connectivity index (χ1v) is 5.74. The van der Waals surface area contributed by atoms with Crippen molar-refractivity contribution >= 4 is 32.8 Å². The molecule has 0 aliphatic carbocycles. The van der Waals surface area contributed by atoms with Crippen molar-refractivity contribution in [3.05, 3.63) is 40.0 Å². The summed E-state index contributed by atoms with van der Waals surface area (Å²) in [7, 11) is 0. The van der Waals surface area contributed by atoms with Gasteiger partial charge in [0.1, 0.15) is 0 Å². The van der Waals surface area contributed by atoms with Gasteiger partial charge >= 0.3 is 5.97 Å². The second-order valence-electron chi connectivity index (χ2n) is 3.45. The van der Waals surface area contributed by atoms with E-state index in [0.717, 1.165) is 15.4 Å². The second-order valence-corrected chi connectivity index (χ2v) is 4.31. The molecule has 1 aromatic heterocycles. The molecule has 2 aromatic rings. The zero-order valence-electron chi connectivity index (χ0n) is 8.70. The first-order valence-electron chi connectivity index (χ1n) is 4.95. The van der Waals surface area contributed by atoms with Crippen molar-refractivity contribution in [2.24, 2.45) is 0 Å². The topological polar surface area (TPSA) is 50.2 Å². The van der Waals surface area contributed by atoms with Gasteiger partial charge in [-0.05, 0) is 34.5 Å². The standard InChI is InChI=1S/C12H10BrNO2/c1-2-10-8(12(15)16)6-7-4-3-5-9(13)11(7)14-10/h3-6H,2H2,1H3,(H,15,16). The molecule has 0 aliphatic rings. The van der Waals surface area contributed by atoms with E-state index in [4.69, 9.17) is 5.11 Å². The molecular formula is C12H10BrNO2. The average Bonchev–Trinajstić information content (AvgIpc) is 2.28. The summed E-state index contributed by atoms with van der Waals surface area (Å²) in [5.41, 5.74) is 1.71. The van der Waals surface area contributed by atoms with Crippen LogP contribution in [0.2, 0.25) is 0 Å². The van der Waals surface area contributed by atoms with Crippen molar-refractivity contribution in [2.75, 3.05) is 0 Å². The second kappa shape index (κ2) is 4.22. The van der Waals surface area contributed by atoms with Gasteiger partial charge in [0.05, 0.1) is 16.8 Å². The highest BCUT2D eigenvalue weighted by Crippen LogP contribution is 2.24. The lowest BCUT2D eigenvalue weighted by Gasteiger charge is -2.06. The molecule has 0 radical (unpaired) electrons. The van der Waals surface area contributed by atoms with Gasteiger partial charge in [0, 0.05) is 9.86 Å². The number of aromatic nitrogens is 1. The molecule has 0 atom stereocenters. The lowest BCUT2D eigenvalue weighted by molar-refractivity contribution is 0.0695. The number of para-hydroxylation sites is 1. The average molecular weight is 280 g/mol. The molecule has 1 N–H and O–H groups in total. The number of carboxylic acids is 1. The molecule has 1 heterocycles. The molecule has 0 saturated heterocycles. The summed E-state index contributed by atoms with van der Waals surface area (Å²) in [4.78, 5) is 15.4. The van der Waals surface area contributed by atoms with Crippen molar-refractivity contribution in [1.82, 2.24) is 4.98 Å². The van der Waals surface area contributed by atoms with E-state index in [1.165, 1.54) is 0 Å². The number of halogens is 1. The van der Waals surface area contributed by atoms with Gasteiger partial charge in [-0.2, -0.15) is 0 Å². The van der Waals surface area contributed by atoms with Gasteiger partial charge < -0.3 is 5.11 Å². The van der Waals surface area contributed by atoms with Gasteiger partial charge in [-0.1, -0.05) is 19.1 Å². The third kappa shape index (κ3) is 1.80. The Kier molecular flexibility index (Phi) is 2.92. The quantitative estimate of drug-likeness (QED) is 0.918. The zero-order chi connectivity index (χ0) is 11.7. The molecule has 82 valence electrons. The number of benzene rings is 1. The number of hydrogen-bond donors (Lipinski definition) is 1. The Morgan fingerprint density at radius 2 is 2.25 bits per heavy atom. The van der Waals surface area contributed by atoms with E-state index < -0.39 is 5.97 Å². The molecule has 0 amide bonds. The molecule has 0 aliphatic heterocycles. The van der Waals surface area contributed by atoms with Crippen LogP contribution < -0.4 is 0 Å². The lowest BCUT2D eigenvalue weighted by atomic mass is 10.1. The maximum atomic E-state index is 11.1. The van der Waals surface area contributed by atoms with Crippen molar-refractivity contribution in [3.8, 4) is 0 Å². The number of aryl methyl sites for hydroxylation is 1. The van der Waals surface area contributed by atoms with Crippen LogP contribution in [0, 0.1) is 0 Å². The van der Waals surface area contributed by atoms with E-state index in [-0.39, 0.29) is 5.56 Å². The van der Waals surface area contributed by atoms with Crippen LogP contribution in [-0.4, -0.2) is 16.1 Å². The van der Waals surface area contributed by atoms with Crippen molar-refractivity contribution in [3.63, 3.8) is 0 Å². The maximum Gasteiger partial charge on any atom is 0.337 e. The molecular weight excluding hydrogens is 270 g/mol. The Balaban J connectivity index is 2.80. The lowest BCUT2D eigenvalue weighted by Crippen LogP contribution is -2.04. The summed E-state index contributed by atoms with van der Waals surface area (Å²) >= 11 is 3.41. The van der Waals surface area contributed by atoms with Crippen molar-refractivity contribution in [2.45, 2.75) is 13.3 Å². The summed E-state index contributed by atoms with van der Waals surface area (Å²) in [5, 5.41) is 9.91. The molecule has 0 unspecified atom stereocenters. The molecule has 0 bridgehead atoms. The monoisotopic (exact) mass is 279 g/mol. The molecule has 0 saturated carbocycles. The summed E-state index contributed by atoms with van der Waals surface area (Å²) in [6, 6.07) is 7.30. The fourth-order valence-corrected chi connectivity index (χ4v) is 2.13. The predicted octanol–water partition coefficient (Wildman–Crippen LogP) is 3.26. The molecule has 4 heteroatoms. The number of aromatic carboxylic acids is 1. The Morgan fingerprint density at radius 3 is 2.88 bits per heavy atom. The fraction of sp³-hybridized carbons (Fsp3) is 0.167. The highest BCUT2D eigenvalue weighted by Gasteiger charge is 2.12. The minimum Gasteiger partial charge on any atom is -0.478 e. The van der Waals surface area contributed by atoms with Crippen LogP contribution in [0.5, 0.6) is 0 Å². The Labute approximate surface area is 101 Å². The zero-order valence-corrected chi connectivity index (χ0v) is 10.3. The van der Waals surface area contributed by atoms with Gasteiger partial charge in [-0.3, -0.25) is 4.98 Å².